The number of pyridine rings is 1. The Morgan fingerprint density at radius 3 is 2.73 bits per heavy atom. The van der Waals surface area contributed by atoms with Crippen LogP contribution in [0.4, 0.5) is 30.6 Å². The molecule has 2 N–H and O–H groups in total. The minimum atomic E-state index is -4.59. The maximum Gasteiger partial charge on any atom is 0.420 e. The van der Waals surface area contributed by atoms with Crippen LogP contribution in [-0.4, -0.2) is 76.1 Å². The van der Waals surface area contributed by atoms with Crippen molar-refractivity contribution in [1.82, 2.24) is 19.9 Å². The van der Waals surface area contributed by atoms with E-state index in [9.17, 15) is 18.3 Å². The summed E-state index contributed by atoms with van der Waals surface area (Å²) in [6, 6.07) is 5.97. The van der Waals surface area contributed by atoms with Crippen molar-refractivity contribution in [3.63, 3.8) is 0 Å². The maximum absolute atomic E-state index is 14.1. The summed E-state index contributed by atoms with van der Waals surface area (Å²) in [5.41, 5.74) is 0.619. The van der Waals surface area contributed by atoms with Crippen molar-refractivity contribution in [2.45, 2.75) is 55.8 Å². The number of thioether (sulfide) groups is 1. The highest BCUT2D eigenvalue weighted by atomic mass is 32.2. The standard InChI is InChI=1S/C28H33F3N6O2S2/c1-16-15-37(8-7-36(16)9-10-38)23-6-5-20(24(34-23)18-3-4-18)33-27-32-14-19(28(29,30)31)25(35-27)21-13-22-26(41-21)17(2)39-11-12-40-22/h5-6,13-14,16-18,38H,3-4,7-12,15H2,1-2H3,(H,32,33,35). The van der Waals surface area contributed by atoms with Gasteiger partial charge in [-0.2, -0.15) is 13.2 Å². The maximum atomic E-state index is 14.1. The highest BCUT2D eigenvalue weighted by Crippen LogP contribution is 2.46. The van der Waals surface area contributed by atoms with Crippen LogP contribution in [0.25, 0.3) is 10.6 Å². The summed E-state index contributed by atoms with van der Waals surface area (Å²) in [4.78, 5) is 20.3. The number of aromatic nitrogens is 3. The quantitative estimate of drug-likeness (QED) is 0.340. The van der Waals surface area contributed by atoms with Crippen LogP contribution in [0, 0.1) is 0 Å². The number of rotatable bonds is 7. The van der Waals surface area contributed by atoms with Gasteiger partial charge >= 0.3 is 6.18 Å². The monoisotopic (exact) mass is 606 g/mol. The number of nitrogens with zero attached hydrogens (tertiary/aromatic N) is 5. The number of anilines is 3. The van der Waals surface area contributed by atoms with Gasteiger partial charge in [-0.1, -0.05) is 0 Å². The first-order chi connectivity index (χ1) is 19.7. The van der Waals surface area contributed by atoms with Crippen molar-refractivity contribution in [2.24, 2.45) is 0 Å². The summed E-state index contributed by atoms with van der Waals surface area (Å²) in [6.45, 7) is 7.95. The lowest BCUT2D eigenvalue weighted by Crippen LogP contribution is -2.52. The zero-order valence-electron chi connectivity index (χ0n) is 22.9. The van der Waals surface area contributed by atoms with Crippen LogP contribution in [0.15, 0.2) is 29.3 Å². The van der Waals surface area contributed by atoms with E-state index in [2.05, 4.69) is 32.0 Å². The number of thiophene rings is 1. The second kappa shape index (κ2) is 11.7. The number of ether oxygens (including phenoxy) is 1. The molecule has 6 rings (SSSR count). The van der Waals surface area contributed by atoms with Crippen molar-refractivity contribution in [3.8, 4) is 10.6 Å². The minimum Gasteiger partial charge on any atom is -0.395 e. The molecule has 13 heteroatoms. The van der Waals surface area contributed by atoms with Gasteiger partial charge in [0.25, 0.3) is 0 Å². The summed E-state index contributed by atoms with van der Waals surface area (Å²) in [5.74, 6) is 2.04. The summed E-state index contributed by atoms with van der Waals surface area (Å²) < 4.78 is 48.0. The summed E-state index contributed by atoms with van der Waals surface area (Å²) in [5, 5.41) is 12.5. The van der Waals surface area contributed by atoms with E-state index < -0.39 is 11.7 Å². The Morgan fingerprint density at radius 1 is 1.17 bits per heavy atom. The molecule has 2 aliphatic heterocycles. The van der Waals surface area contributed by atoms with Crippen LogP contribution in [0.3, 0.4) is 0 Å². The third-order valence-electron chi connectivity index (χ3n) is 7.73. The predicted octanol–water partition coefficient (Wildman–Crippen LogP) is 5.93. The number of alkyl halides is 3. The molecule has 41 heavy (non-hydrogen) atoms. The van der Waals surface area contributed by atoms with Crippen molar-refractivity contribution in [3.05, 3.63) is 40.5 Å². The Hall–Kier alpha value is -2.45. The van der Waals surface area contributed by atoms with Crippen LogP contribution >= 0.6 is 23.1 Å². The Morgan fingerprint density at radius 2 is 2.00 bits per heavy atom. The van der Waals surface area contributed by atoms with Crippen LogP contribution in [0.1, 0.15) is 54.8 Å². The summed E-state index contributed by atoms with van der Waals surface area (Å²) in [7, 11) is 0. The van der Waals surface area contributed by atoms with Crippen molar-refractivity contribution >= 4 is 40.6 Å². The summed E-state index contributed by atoms with van der Waals surface area (Å²) in [6.07, 6.45) is -1.87. The third kappa shape index (κ3) is 6.19. The number of hydrogen-bond donors (Lipinski definition) is 2. The number of piperazine rings is 1. The van der Waals surface area contributed by atoms with E-state index in [0.29, 0.717) is 35.7 Å². The van der Waals surface area contributed by atoms with Gasteiger partial charge in [-0.25, -0.2) is 15.0 Å². The number of fused-ring (bicyclic) bond motifs is 1. The molecule has 8 nitrogen and oxygen atoms in total. The van der Waals surface area contributed by atoms with Crippen molar-refractivity contribution < 1.29 is 23.0 Å². The summed E-state index contributed by atoms with van der Waals surface area (Å²) >= 11 is 2.89. The zero-order chi connectivity index (χ0) is 28.7. The fourth-order valence-electron chi connectivity index (χ4n) is 5.39. The molecule has 3 aromatic rings. The number of halogens is 3. The van der Waals surface area contributed by atoms with Crippen molar-refractivity contribution in [2.75, 3.05) is 55.4 Å². The van der Waals surface area contributed by atoms with Gasteiger partial charge in [-0.15, -0.1) is 23.1 Å². The molecule has 1 saturated carbocycles. The molecule has 0 aromatic carbocycles. The molecule has 0 amide bonds. The molecule has 3 aliphatic rings. The van der Waals surface area contributed by atoms with Gasteiger partial charge in [0.05, 0.1) is 41.3 Å². The molecule has 1 aliphatic carbocycles. The molecule has 1 saturated heterocycles. The van der Waals surface area contributed by atoms with Gasteiger partial charge in [0.15, 0.2) is 0 Å². The molecular formula is C28H33F3N6O2S2. The number of hydrogen-bond acceptors (Lipinski definition) is 10. The number of β-amino-alcohol motifs (C(OH)–C–C–N with tert-alkyl or cyclic N) is 1. The topological polar surface area (TPSA) is 86.6 Å². The first-order valence-corrected chi connectivity index (χ1v) is 15.7. The molecule has 5 heterocycles. The molecule has 3 aromatic heterocycles. The van der Waals surface area contributed by atoms with E-state index in [0.717, 1.165) is 65.7 Å². The Balaban J connectivity index is 1.29. The fraction of sp³-hybridized carbons (Fsp3) is 0.536. The lowest BCUT2D eigenvalue weighted by Gasteiger charge is -2.40. The SMILES string of the molecule is CC1OCCSc2cc(-c3nc(Nc4ccc(N5CCN(CCO)C(C)C5)nc4C4CC4)ncc3C(F)(F)F)sc21. The van der Waals surface area contributed by atoms with Crippen LogP contribution in [-0.2, 0) is 10.9 Å². The number of aliphatic hydroxyl groups is 1. The van der Waals surface area contributed by atoms with Gasteiger partial charge < -0.3 is 20.1 Å². The molecule has 2 fully saturated rings. The molecule has 220 valence electrons. The predicted molar refractivity (Wildman–Crippen MR) is 155 cm³/mol. The Bertz CT molecular complexity index is 1400. The van der Waals surface area contributed by atoms with Gasteiger partial charge in [0.2, 0.25) is 5.95 Å². The molecular weight excluding hydrogens is 573 g/mol. The van der Waals surface area contributed by atoms with Gasteiger partial charge in [-0.05, 0) is 44.9 Å². The Kier molecular flexibility index (Phi) is 8.16. The second-order valence-corrected chi connectivity index (χ2v) is 12.9. The zero-order valence-corrected chi connectivity index (χ0v) is 24.6. The van der Waals surface area contributed by atoms with E-state index in [4.69, 9.17) is 9.72 Å². The van der Waals surface area contributed by atoms with Crippen LogP contribution in [0.5, 0.6) is 0 Å². The molecule has 0 spiro atoms. The largest absolute Gasteiger partial charge is 0.420 e. The van der Waals surface area contributed by atoms with E-state index in [1.54, 1.807) is 17.8 Å². The van der Waals surface area contributed by atoms with Gasteiger partial charge in [-0.3, -0.25) is 4.90 Å². The lowest BCUT2D eigenvalue weighted by molar-refractivity contribution is -0.137. The number of aliphatic hydroxyl groups excluding tert-OH is 1. The van der Waals surface area contributed by atoms with Crippen LogP contribution in [0.2, 0.25) is 0 Å². The highest BCUT2D eigenvalue weighted by Gasteiger charge is 2.37. The number of nitrogens with one attached hydrogen (secondary N) is 1. The highest BCUT2D eigenvalue weighted by molar-refractivity contribution is 7.99. The minimum absolute atomic E-state index is 0.108. The van der Waals surface area contributed by atoms with E-state index in [1.807, 2.05) is 19.1 Å². The first-order valence-electron chi connectivity index (χ1n) is 13.9. The van der Waals surface area contributed by atoms with E-state index in [1.165, 1.54) is 11.3 Å². The second-order valence-electron chi connectivity index (χ2n) is 10.7. The molecule has 2 atom stereocenters. The average molecular weight is 607 g/mol. The van der Waals surface area contributed by atoms with E-state index >= 15 is 0 Å². The smallest absolute Gasteiger partial charge is 0.395 e. The van der Waals surface area contributed by atoms with Gasteiger partial charge in [0.1, 0.15) is 11.4 Å². The molecule has 2 unspecified atom stereocenters. The van der Waals surface area contributed by atoms with Crippen molar-refractivity contribution in [1.29, 1.82) is 0 Å². The molecule has 0 radical (unpaired) electrons. The lowest BCUT2D eigenvalue weighted by atomic mass is 10.1. The fourth-order valence-corrected chi connectivity index (χ4v) is 7.73. The normalized spacial score (nSPS) is 22.0. The molecule has 0 bridgehead atoms. The Labute approximate surface area is 245 Å². The average Bonchev–Trinajstić information content (AvgIpc) is 3.73. The first kappa shape index (κ1) is 28.7. The van der Waals surface area contributed by atoms with Crippen LogP contribution < -0.4 is 10.2 Å². The third-order valence-corrected chi connectivity index (χ3v) is 10.2. The van der Waals surface area contributed by atoms with E-state index in [-0.39, 0.29) is 24.4 Å². The van der Waals surface area contributed by atoms with Gasteiger partial charge in [0, 0.05) is 59.9 Å².